The lowest BCUT2D eigenvalue weighted by molar-refractivity contribution is -0.384. The molecule has 0 fully saturated rings. The van der Waals surface area contributed by atoms with E-state index in [2.05, 4.69) is 9.84 Å². The van der Waals surface area contributed by atoms with Crippen molar-refractivity contribution < 1.29 is 14.5 Å². The first-order chi connectivity index (χ1) is 9.45. The Hall–Kier alpha value is -1.97. The lowest BCUT2D eigenvalue weighted by Gasteiger charge is -2.03. The molecule has 20 heavy (non-hydrogen) atoms. The van der Waals surface area contributed by atoms with Gasteiger partial charge in [0, 0.05) is 12.1 Å². The zero-order chi connectivity index (χ0) is 14.9. The summed E-state index contributed by atoms with van der Waals surface area (Å²) in [5, 5.41) is 15.0. The summed E-state index contributed by atoms with van der Waals surface area (Å²) in [7, 11) is 1.28. The van der Waals surface area contributed by atoms with E-state index in [9.17, 15) is 14.9 Å². The summed E-state index contributed by atoms with van der Waals surface area (Å²) in [5.41, 5.74) is 1.39. The second-order valence-corrected chi connectivity index (χ2v) is 5.01. The number of ether oxygens (including phenoxy) is 1. The molecule has 0 spiro atoms. The monoisotopic (exact) mass is 387 g/mol. The Morgan fingerprint density at radius 1 is 1.50 bits per heavy atom. The minimum absolute atomic E-state index is 0.0352. The van der Waals surface area contributed by atoms with Crippen LogP contribution in [0.2, 0.25) is 0 Å². The van der Waals surface area contributed by atoms with Crippen molar-refractivity contribution in [2.24, 2.45) is 0 Å². The average Bonchev–Trinajstić information content (AvgIpc) is 2.75. The number of rotatable bonds is 3. The van der Waals surface area contributed by atoms with Gasteiger partial charge < -0.3 is 4.74 Å². The van der Waals surface area contributed by atoms with Gasteiger partial charge in [-0.2, -0.15) is 5.10 Å². The van der Waals surface area contributed by atoms with E-state index in [4.69, 9.17) is 0 Å². The number of nitro groups is 1. The van der Waals surface area contributed by atoms with Crippen molar-refractivity contribution in [3.05, 3.63) is 49.3 Å². The molecule has 1 aromatic carbocycles. The summed E-state index contributed by atoms with van der Waals surface area (Å²) < 4.78 is 6.80. The number of aromatic nitrogens is 2. The van der Waals surface area contributed by atoms with Crippen molar-refractivity contribution in [3.63, 3.8) is 0 Å². The lowest BCUT2D eigenvalue weighted by Crippen LogP contribution is -2.05. The molecule has 1 heterocycles. The maximum atomic E-state index is 11.6. The van der Waals surface area contributed by atoms with Crippen molar-refractivity contribution in [1.29, 1.82) is 0 Å². The fraction of sp³-hybridized carbons (Fsp3) is 0.167. The first-order valence-electron chi connectivity index (χ1n) is 5.54. The van der Waals surface area contributed by atoms with Crippen molar-refractivity contribution in [3.8, 4) is 5.69 Å². The van der Waals surface area contributed by atoms with Gasteiger partial charge in [-0.3, -0.25) is 10.1 Å². The summed E-state index contributed by atoms with van der Waals surface area (Å²) in [6.07, 6.45) is 0. The van der Waals surface area contributed by atoms with Gasteiger partial charge in [-0.25, -0.2) is 9.48 Å². The molecule has 0 atom stereocenters. The molecule has 8 heteroatoms. The number of methoxy groups -OCH3 is 1. The molecule has 0 amide bonds. The van der Waals surface area contributed by atoms with Gasteiger partial charge in [0.05, 0.1) is 27.0 Å². The minimum atomic E-state index is -0.540. The second kappa shape index (κ2) is 5.57. The van der Waals surface area contributed by atoms with Crippen LogP contribution in [-0.2, 0) is 4.74 Å². The van der Waals surface area contributed by atoms with Gasteiger partial charge in [0.1, 0.15) is 0 Å². The average molecular weight is 387 g/mol. The third-order valence-corrected chi connectivity index (χ3v) is 4.00. The summed E-state index contributed by atoms with van der Waals surface area (Å²) in [5.74, 6) is -0.540. The van der Waals surface area contributed by atoms with Crippen molar-refractivity contribution in [1.82, 2.24) is 9.78 Å². The van der Waals surface area contributed by atoms with E-state index in [-0.39, 0.29) is 11.4 Å². The highest BCUT2D eigenvalue weighted by Gasteiger charge is 2.20. The number of hydrogen-bond donors (Lipinski definition) is 0. The predicted octanol–water partition coefficient (Wildman–Crippen LogP) is 2.48. The zero-order valence-corrected chi connectivity index (χ0v) is 12.8. The lowest BCUT2D eigenvalue weighted by atomic mass is 10.3. The van der Waals surface area contributed by atoms with Crippen LogP contribution in [0.1, 0.15) is 16.2 Å². The Morgan fingerprint density at radius 3 is 2.80 bits per heavy atom. The van der Waals surface area contributed by atoms with Gasteiger partial charge in [-0.1, -0.05) is 6.07 Å². The fourth-order valence-electron chi connectivity index (χ4n) is 1.70. The largest absolute Gasteiger partial charge is 0.464 e. The van der Waals surface area contributed by atoms with Crippen LogP contribution in [-0.4, -0.2) is 27.8 Å². The molecular formula is C12H10IN3O4. The van der Waals surface area contributed by atoms with Crippen molar-refractivity contribution in [2.75, 3.05) is 7.11 Å². The van der Waals surface area contributed by atoms with Crippen molar-refractivity contribution in [2.45, 2.75) is 6.92 Å². The number of nitrogens with zero attached hydrogens (tertiary/aromatic N) is 3. The van der Waals surface area contributed by atoms with E-state index in [0.717, 1.165) is 0 Å². The first kappa shape index (κ1) is 14.4. The highest BCUT2D eigenvalue weighted by Crippen LogP contribution is 2.23. The third kappa shape index (κ3) is 2.50. The van der Waals surface area contributed by atoms with Gasteiger partial charge in [-0.15, -0.1) is 0 Å². The molecule has 0 aliphatic carbocycles. The van der Waals surface area contributed by atoms with Gasteiger partial charge >= 0.3 is 5.97 Å². The zero-order valence-electron chi connectivity index (χ0n) is 10.7. The van der Waals surface area contributed by atoms with Gasteiger partial charge in [0.2, 0.25) is 0 Å². The van der Waals surface area contributed by atoms with E-state index >= 15 is 0 Å². The van der Waals surface area contributed by atoms with Crippen molar-refractivity contribution >= 4 is 34.2 Å². The molecule has 0 saturated carbocycles. The van der Waals surface area contributed by atoms with E-state index < -0.39 is 10.9 Å². The normalized spacial score (nSPS) is 10.3. The molecule has 0 aliphatic heterocycles. The topological polar surface area (TPSA) is 87.3 Å². The smallest absolute Gasteiger partial charge is 0.359 e. The van der Waals surface area contributed by atoms with E-state index in [1.807, 2.05) is 22.6 Å². The summed E-state index contributed by atoms with van der Waals surface area (Å²) in [4.78, 5) is 21.9. The van der Waals surface area contributed by atoms with Crippen LogP contribution >= 0.6 is 22.6 Å². The summed E-state index contributed by atoms with van der Waals surface area (Å²) in [6, 6.07) is 6.05. The Morgan fingerprint density at radius 2 is 2.20 bits per heavy atom. The molecule has 104 valence electrons. The summed E-state index contributed by atoms with van der Waals surface area (Å²) in [6.45, 7) is 1.78. The number of carbonyl (C=O) groups is 1. The van der Waals surface area contributed by atoms with Crippen LogP contribution in [0.15, 0.2) is 24.3 Å². The maximum Gasteiger partial charge on any atom is 0.359 e. The SMILES string of the molecule is COC(=O)c1nn(-c2cccc([N+](=O)[O-])c2)c(C)c1I. The molecule has 2 aromatic rings. The Balaban J connectivity index is 2.56. The molecule has 0 radical (unpaired) electrons. The number of nitro benzene ring substituents is 1. The fourth-order valence-corrected chi connectivity index (χ4v) is 2.26. The molecular weight excluding hydrogens is 377 g/mol. The standard InChI is InChI=1S/C12H10IN3O4/c1-7-10(13)11(12(17)20-2)14-15(7)8-4-3-5-9(6-8)16(18)19/h3-6H,1-2H3. The molecule has 0 unspecified atom stereocenters. The minimum Gasteiger partial charge on any atom is -0.464 e. The van der Waals surface area contributed by atoms with E-state index in [1.165, 1.54) is 23.9 Å². The van der Waals surface area contributed by atoms with Crippen LogP contribution in [0, 0.1) is 20.6 Å². The highest BCUT2D eigenvalue weighted by molar-refractivity contribution is 14.1. The number of benzene rings is 1. The molecule has 0 N–H and O–H groups in total. The Kier molecular flexibility index (Phi) is 4.02. The van der Waals surface area contributed by atoms with Crippen LogP contribution in [0.5, 0.6) is 0 Å². The molecule has 0 bridgehead atoms. The number of hydrogen-bond acceptors (Lipinski definition) is 5. The predicted molar refractivity (Wildman–Crippen MR) is 79.0 cm³/mol. The Bertz CT molecular complexity index is 696. The van der Waals surface area contributed by atoms with Gasteiger partial charge in [0.25, 0.3) is 5.69 Å². The van der Waals surface area contributed by atoms with Crippen LogP contribution in [0.25, 0.3) is 5.69 Å². The number of esters is 1. The Labute approximate surface area is 127 Å². The van der Waals surface area contributed by atoms with Gasteiger partial charge in [0.15, 0.2) is 5.69 Å². The number of non-ortho nitro benzene ring substituents is 1. The second-order valence-electron chi connectivity index (χ2n) is 3.93. The molecule has 0 aliphatic rings. The van der Waals surface area contributed by atoms with Gasteiger partial charge in [-0.05, 0) is 35.6 Å². The quantitative estimate of drug-likeness (QED) is 0.350. The van der Waals surface area contributed by atoms with E-state index in [0.29, 0.717) is 15.0 Å². The number of halogens is 1. The third-order valence-electron chi connectivity index (χ3n) is 2.71. The number of carbonyl (C=O) groups excluding carboxylic acids is 1. The van der Waals surface area contributed by atoms with Crippen LogP contribution < -0.4 is 0 Å². The van der Waals surface area contributed by atoms with Crippen LogP contribution in [0.4, 0.5) is 5.69 Å². The van der Waals surface area contributed by atoms with Crippen LogP contribution in [0.3, 0.4) is 0 Å². The highest BCUT2D eigenvalue weighted by atomic mass is 127. The molecule has 2 rings (SSSR count). The van der Waals surface area contributed by atoms with E-state index in [1.54, 1.807) is 19.1 Å². The summed E-state index contributed by atoms with van der Waals surface area (Å²) >= 11 is 2.00. The first-order valence-corrected chi connectivity index (χ1v) is 6.62. The molecule has 0 saturated heterocycles. The molecule has 7 nitrogen and oxygen atoms in total. The maximum absolute atomic E-state index is 11.6. The molecule has 1 aromatic heterocycles.